The molecule has 1 aliphatic heterocycles. The Morgan fingerprint density at radius 3 is 2.45 bits per heavy atom. The van der Waals surface area contributed by atoms with E-state index in [2.05, 4.69) is 46.1 Å². The van der Waals surface area contributed by atoms with Gasteiger partial charge in [0.15, 0.2) is 0 Å². The summed E-state index contributed by atoms with van der Waals surface area (Å²) in [5.74, 6) is 7.97. The van der Waals surface area contributed by atoms with E-state index in [0.717, 1.165) is 60.9 Å². The van der Waals surface area contributed by atoms with Crippen molar-refractivity contribution in [1.82, 2.24) is 15.0 Å². The zero-order valence-corrected chi connectivity index (χ0v) is 23.1. The number of anilines is 1. The van der Waals surface area contributed by atoms with Crippen molar-refractivity contribution in [2.24, 2.45) is 0 Å². The molecule has 0 spiro atoms. The van der Waals surface area contributed by atoms with E-state index < -0.39 is 0 Å². The second-order valence-corrected chi connectivity index (χ2v) is 11.0. The number of hydrogen-bond acceptors (Lipinski definition) is 6. The first kappa shape index (κ1) is 27.4. The minimum Gasteiger partial charge on any atom is -0.492 e. The Balaban J connectivity index is 1.26. The monoisotopic (exact) mass is 514 g/mol. The lowest BCUT2D eigenvalue weighted by Crippen LogP contribution is -2.45. The van der Waals surface area contributed by atoms with Crippen molar-refractivity contribution in [3.05, 3.63) is 76.7 Å². The molecule has 7 heteroatoms. The van der Waals surface area contributed by atoms with Gasteiger partial charge in [-0.15, -0.1) is 0 Å². The van der Waals surface area contributed by atoms with Gasteiger partial charge in [0.25, 0.3) is 0 Å². The lowest BCUT2D eigenvalue weighted by Gasteiger charge is -2.32. The highest BCUT2D eigenvalue weighted by molar-refractivity contribution is 5.92. The van der Waals surface area contributed by atoms with Crippen molar-refractivity contribution in [2.45, 2.75) is 39.5 Å². The van der Waals surface area contributed by atoms with Gasteiger partial charge in [-0.3, -0.25) is 9.69 Å². The van der Waals surface area contributed by atoms with Crippen LogP contribution < -0.4 is 10.1 Å². The van der Waals surface area contributed by atoms with Crippen LogP contribution in [0, 0.1) is 18.8 Å². The minimum atomic E-state index is -0.141. The highest BCUT2D eigenvalue weighted by Crippen LogP contribution is 2.23. The number of amides is 1. The van der Waals surface area contributed by atoms with E-state index in [0.29, 0.717) is 18.0 Å². The number of carbonyl (C=O) groups excluding carboxylic acids is 1. The SMILES string of the molecule is Cc1cc(OCCN2CCN(C)CC2)ccc1C#Cc1ccc(NC(=O)Cc2cc(C(C)(C)C)on2)cc1. The van der Waals surface area contributed by atoms with Crippen molar-refractivity contribution in [3.8, 4) is 17.6 Å². The summed E-state index contributed by atoms with van der Waals surface area (Å²) < 4.78 is 11.3. The van der Waals surface area contributed by atoms with E-state index in [4.69, 9.17) is 9.26 Å². The topological polar surface area (TPSA) is 70.8 Å². The van der Waals surface area contributed by atoms with Crippen molar-refractivity contribution in [3.63, 3.8) is 0 Å². The Morgan fingerprint density at radius 1 is 1.05 bits per heavy atom. The molecule has 2 aromatic carbocycles. The van der Waals surface area contributed by atoms with Crippen LogP contribution in [0.5, 0.6) is 5.75 Å². The van der Waals surface area contributed by atoms with Gasteiger partial charge in [0.1, 0.15) is 18.1 Å². The number of aromatic nitrogens is 1. The summed E-state index contributed by atoms with van der Waals surface area (Å²) in [7, 11) is 2.17. The molecule has 0 atom stereocenters. The number of benzene rings is 2. The third-order valence-corrected chi connectivity index (χ3v) is 6.62. The van der Waals surface area contributed by atoms with Crippen LogP contribution in [0.2, 0.25) is 0 Å². The quantitative estimate of drug-likeness (QED) is 0.469. The molecule has 4 rings (SSSR count). The summed E-state index contributed by atoms with van der Waals surface area (Å²) in [4.78, 5) is 17.2. The summed E-state index contributed by atoms with van der Waals surface area (Å²) in [5, 5.41) is 6.92. The molecule has 0 bridgehead atoms. The predicted molar refractivity (Wildman–Crippen MR) is 151 cm³/mol. The van der Waals surface area contributed by atoms with E-state index in [1.54, 1.807) is 0 Å². The molecular weight excluding hydrogens is 476 g/mol. The molecule has 1 fully saturated rings. The van der Waals surface area contributed by atoms with Crippen LogP contribution in [0.3, 0.4) is 0 Å². The zero-order chi connectivity index (χ0) is 27.1. The molecule has 1 N–H and O–H groups in total. The van der Waals surface area contributed by atoms with Crippen LogP contribution in [0.1, 0.15) is 48.9 Å². The van der Waals surface area contributed by atoms with E-state index >= 15 is 0 Å². The van der Waals surface area contributed by atoms with Gasteiger partial charge < -0.3 is 19.5 Å². The Morgan fingerprint density at radius 2 is 1.79 bits per heavy atom. The first-order valence-corrected chi connectivity index (χ1v) is 13.2. The smallest absolute Gasteiger partial charge is 0.230 e. The number of rotatable bonds is 7. The fourth-order valence-electron chi connectivity index (χ4n) is 4.12. The molecule has 200 valence electrons. The lowest BCUT2D eigenvalue weighted by atomic mass is 9.93. The average molecular weight is 515 g/mol. The number of ether oxygens (including phenoxy) is 1. The molecule has 2 heterocycles. The van der Waals surface area contributed by atoms with Gasteiger partial charge in [-0.2, -0.15) is 0 Å². The van der Waals surface area contributed by atoms with E-state index in [1.165, 1.54) is 0 Å². The first-order valence-electron chi connectivity index (χ1n) is 13.2. The maximum absolute atomic E-state index is 12.4. The maximum Gasteiger partial charge on any atom is 0.230 e. The third kappa shape index (κ3) is 7.95. The number of likely N-dealkylation sites (N-methyl/N-ethyl adjacent to an activating group) is 1. The standard InChI is InChI=1S/C31H38N4O3/c1-23-20-28(37-19-18-35-16-14-34(5)15-17-35)13-10-25(23)9-6-24-7-11-26(12-8-24)32-30(36)22-27-21-29(38-33-27)31(2,3)4/h7-8,10-13,20-21H,14-19,22H2,1-5H3,(H,32,36). The van der Waals surface area contributed by atoms with Gasteiger partial charge in [0.2, 0.25) is 5.91 Å². The van der Waals surface area contributed by atoms with E-state index in [1.807, 2.05) is 69.3 Å². The molecule has 7 nitrogen and oxygen atoms in total. The van der Waals surface area contributed by atoms with E-state index in [9.17, 15) is 4.79 Å². The molecule has 1 aromatic heterocycles. The van der Waals surface area contributed by atoms with Gasteiger partial charge in [-0.25, -0.2) is 0 Å². The van der Waals surface area contributed by atoms with Crippen molar-refractivity contribution in [2.75, 3.05) is 51.7 Å². The molecule has 0 saturated carbocycles. The summed E-state index contributed by atoms with van der Waals surface area (Å²) in [6, 6.07) is 15.4. The van der Waals surface area contributed by atoms with Gasteiger partial charge >= 0.3 is 0 Å². The number of piperazine rings is 1. The Labute approximate surface area is 226 Å². The fraction of sp³-hybridized carbons (Fsp3) is 0.419. The number of aryl methyl sites for hydroxylation is 1. The van der Waals surface area contributed by atoms with Gasteiger partial charge in [0, 0.05) is 61.0 Å². The average Bonchev–Trinajstić information content (AvgIpc) is 3.35. The summed E-state index contributed by atoms with van der Waals surface area (Å²) in [6.45, 7) is 14.3. The molecule has 1 aliphatic rings. The van der Waals surface area contributed by atoms with E-state index in [-0.39, 0.29) is 17.7 Å². The molecule has 1 amide bonds. The summed E-state index contributed by atoms with van der Waals surface area (Å²) in [5.41, 5.74) is 4.13. The predicted octanol–water partition coefficient (Wildman–Crippen LogP) is 4.49. The van der Waals surface area contributed by atoms with Gasteiger partial charge in [-0.1, -0.05) is 37.8 Å². The molecule has 0 aliphatic carbocycles. The molecule has 1 saturated heterocycles. The highest BCUT2D eigenvalue weighted by Gasteiger charge is 2.20. The van der Waals surface area contributed by atoms with Crippen LogP contribution >= 0.6 is 0 Å². The third-order valence-electron chi connectivity index (χ3n) is 6.62. The van der Waals surface area contributed by atoms with Crippen molar-refractivity contribution < 1.29 is 14.1 Å². The molecule has 3 aromatic rings. The maximum atomic E-state index is 12.4. The Hall–Kier alpha value is -3.60. The Bertz CT molecular complexity index is 1290. The van der Waals surface area contributed by atoms with Crippen molar-refractivity contribution >= 4 is 11.6 Å². The fourth-order valence-corrected chi connectivity index (χ4v) is 4.12. The molecular formula is C31H38N4O3. The van der Waals surface area contributed by atoms with Gasteiger partial charge in [0.05, 0.1) is 12.1 Å². The van der Waals surface area contributed by atoms with Crippen LogP contribution in [-0.2, 0) is 16.6 Å². The molecule has 38 heavy (non-hydrogen) atoms. The lowest BCUT2D eigenvalue weighted by molar-refractivity contribution is -0.115. The van der Waals surface area contributed by atoms with Crippen LogP contribution in [-0.4, -0.2) is 67.2 Å². The summed E-state index contributed by atoms with van der Waals surface area (Å²) in [6.07, 6.45) is 0.163. The minimum absolute atomic E-state index is 0.140. The highest BCUT2D eigenvalue weighted by atomic mass is 16.5. The van der Waals surface area contributed by atoms with Crippen molar-refractivity contribution in [1.29, 1.82) is 0 Å². The van der Waals surface area contributed by atoms with Gasteiger partial charge in [-0.05, 0) is 62.0 Å². The van der Waals surface area contributed by atoms with Crippen LogP contribution in [0.15, 0.2) is 53.1 Å². The number of nitrogens with one attached hydrogen (secondary N) is 1. The summed E-state index contributed by atoms with van der Waals surface area (Å²) >= 11 is 0. The number of hydrogen-bond donors (Lipinski definition) is 1. The number of carbonyl (C=O) groups is 1. The molecule has 0 unspecified atom stereocenters. The first-order chi connectivity index (χ1) is 18.2. The van der Waals surface area contributed by atoms with Crippen LogP contribution in [0.25, 0.3) is 0 Å². The second-order valence-electron chi connectivity index (χ2n) is 11.0. The number of nitrogens with zero attached hydrogens (tertiary/aromatic N) is 3. The zero-order valence-electron chi connectivity index (χ0n) is 23.1. The largest absolute Gasteiger partial charge is 0.492 e. The van der Waals surface area contributed by atoms with Crippen LogP contribution in [0.4, 0.5) is 5.69 Å². The molecule has 0 radical (unpaired) electrons. The Kier molecular flexibility index (Phi) is 8.88. The normalized spacial score (nSPS) is 14.6. The second kappa shape index (κ2) is 12.3.